The molecule has 0 unspecified atom stereocenters. The van der Waals surface area contributed by atoms with Crippen LogP contribution in [0.5, 0.6) is 28.9 Å². The van der Waals surface area contributed by atoms with Crippen LogP contribution in [0.4, 0.5) is 33.5 Å². The highest BCUT2D eigenvalue weighted by Crippen LogP contribution is 2.41. The van der Waals surface area contributed by atoms with Crippen molar-refractivity contribution in [2.24, 2.45) is 0 Å². The molecule has 0 atom stereocenters. The van der Waals surface area contributed by atoms with Crippen molar-refractivity contribution in [3.05, 3.63) is 84.6 Å². The van der Waals surface area contributed by atoms with E-state index >= 15 is 0 Å². The molecule has 1 aliphatic rings. The summed E-state index contributed by atoms with van der Waals surface area (Å²) in [6.45, 7) is 12.1. The average Bonchev–Trinajstić information content (AvgIpc) is 3.26. The number of fused-ring (bicyclic) bond motifs is 1. The van der Waals surface area contributed by atoms with Crippen LogP contribution < -0.4 is 39.6 Å². The summed E-state index contributed by atoms with van der Waals surface area (Å²) in [7, 11) is 4.81. The number of rotatable bonds is 21. The smallest absolute Gasteiger partial charge is 0.323 e. The predicted molar refractivity (Wildman–Crippen MR) is 239 cm³/mol. The molecule has 4 N–H and O–H groups in total. The Morgan fingerprint density at radius 3 is 2.23 bits per heavy atom. The number of carbonyl (C=O) groups is 1. The van der Waals surface area contributed by atoms with Crippen LogP contribution in [-0.2, 0) is 24.4 Å². The maximum absolute atomic E-state index is 13.7. The van der Waals surface area contributed by atoms with E-state index in [9.17, 15) is 4.79 Å². The summed E-state index contributed by atoms with van der Waals surface area (Å²) in [6.07, 6.45) is 1.60. The number of aromatic nitrogens is 2. The number of hydrogen-bond donors (Lipinski definition) is 4. The lowest BCUT2D eigenvalue weighted by atomic mass is 9.86. The minimum absolute atomic E-state index is 0.198. The number of benzene rings is 4. The van der Waals surface area contributed by atoms with Gasteiger partial charge >= 0.3 is 6.03 Å². The zero-order chi connectivity index (χ0) is 43.0. The summed E-state index contributed by atoms with van der Waals surface area (Å²) in [5, 5.41) is 10.8. The Bertz CT molecular complexity index is 2200. The number of hydrogen-bond acceptors (Lipinski definition) is 15. The first kappa shape index (κ1) is 45.0. The summed E-state index contributed by atoms with van der Waals surface area (Å²) in [5.41, 5.74) is 3.37. The molecule has 4 aromatic carbocycles. The third kappa shape index (κ3) is 13.2. The number of carbonyl (C=O) groups excluding carboxylic acids is 1. The number of nitrogens with zero attached hydrogens (tertiary/aromatic N) is 3. The van der Waals surface area contributed by atoms with Gasteiger partial charge in [-0.3, -0.25) is 0 Å². The topological polar surface area (TPSA) is 168 Å². The Morgan fingerprint density at radius 2 is 1.49 bits per heavy atom. The number of ether oxygens (including phenoxy) is 8. The molecule has 6 rings (SSSR count). The van der Waals surface area contributed by atoms with E-state index in [1.54, 1.807) is 51.8 Å². The van der Waals surface area contributed by atoms with Gasteiger partial charge in [0.25, 0.3) is 0 Å². The molecule has 0 aliphatic carbocycles. The lowest BCUT2D eigenvalue weighted by Crippen LogP contribution is -2.32. The van der Waals surface area contributed by atoms with Gasteiger partial charge in [0.15, 0.2) is 5.75 Å². The molecule has 0 spiro atoms. The molecular weight excluding hydrogens is 803 g/mol. The van der Waals surface area contributed by atoms with Crippen molar-refractivity contribution in [1.29, 1.82) is 0 Å². The minimum atomic E-state index is -0.430. The first-order valence-electron chi connectivity index (χ1n) is 20.0. The van der Waals surface area contributed by atoms with Crippen molar-refractivity contribution in [2.75, 3.05) is 108 Å². The van der Waals surface area contributed by atoms with Gasteiger partial charge in [-0.25, -0.2) is 14.1 Å². The van der Waals surface area contributed by atoms with Gasteiger partial charge in [0.05, 0.1) is 77.5 Å². The van der Waals surface area contributed by atoms with Crippen molar-refractivity contribution < 1.29 is 42.7 Å². The van der Waals surface area contributed by atoms with Crippen LogP contribution in [0.15, 0.2) is 79.0 Å². The summed E-state index contributed by atoms with van der Waals surface area (Å²) in [6, 6.07) is 21.9. The second kappa shape index (κ2) is 22.3. The number of amides is 2. The molecule has 16 nitrogen and oxygen atoms in total. The van der Waals surface area contributed by atoms with E-state index in [0.29, 0.717) is 105 Å². The van der Waals surface area contributed by atoms with Gasteiger partial charge in [0, 0.05) is 79.3 Å². The minimum Gasteiger partial charge on any atom is -0.497 e. The quantitative estimate of drug-likeness (QED) is 0.0409. The highest BCUT2D eigenvalue weighted by atomic mass is 32.2. The van der Waals surface area contributed by atoms with Crippen LogP contribution in [0.3, 0.4) is 0 Å². The molecule has 0 radical (unpaired) electrons. The van der Waals surface area contributed by atoms with E-state index < -0.39 is 6.03 Å². The third-order valence-corrected chi connectivity index (χ3v) is 10.2. The predicted octanol–water partition coefficient (Wildman–Crippen LogP) is 8.49. The van der Waals surface area contributed by atoms with Crippen LogP contribution >= 0.6 is 12.1 Å². The molecule has 1 aliphatic heterocycles. The number of morpholine rings is 1. The third-order valence-electron chi connectivity index (χ3n) is 9.31. The van der Waals surface area contributed by atoms with E-state index in [2.05, 4.69) is 61.8 Å². The van der Waals surface area contributed by atoms with Crippen LogP contribution in [-0.4, -0.2) is 108 Å². The molecule has 0 saturated carbocycles. The molecular formula is C44H55N7O9S. The van der Waals surface area contributed by atoms with Crippen LogP contribution in [0.2, 0.25) is 0 Å². The standard InChI is InChI=1S/C44H55N7O9S/c1-44(2,3)30-25-37(41(55-6)38(26-30)50-61-51-15-17-56-18-16-51)48-43(52)47-36-11-12-39(35-10-8-7-9-34(35)36)60-40-13-14-45-42(49-40)46-31-27-32(54-5)29-33(28-31)59-24-23-58-22-21-57-20-19-53-4/h7-14,25-29,50H,15-24H2,1-6H3,(H,45,46,49)(H2,47,48,52). The Kier molecular flexibility index (Phi) is 16.5. The van der Waals surface area contributed by atoms with Gasteiger partial charge in [0.1, 0.15) is 23.9 Å². The summed E-state index contributed by atoms with van der Waals surface area (Å²) < 4.78 is 50.7. The molecule has 1 saturated heterocycles. The highest BCUT2D eigenvalue weighted by Gasteiger charge is 2.22. The normalized spacial score (nSPS) is 13.1. The van der Waals surface area contributed by atoms with Crippen molar-refractivity contribution in [3.63, 3.8) is 0 Å². The lowest BCUT2D eigenvalue weighted by molar-refractivity contribution is 0.0179. The van der Waals surface area contributed by atoms with Crippen LogP contribution in [0.25, 0.3) is 10.8 Å². The van der Waals surface area contributed by atoms with E-state index in [1.807, 2.05) is 42.5 Å². The molecule has 0 bridgehead atoms. The van der Waals surface area contributed by atoms with Gasteiger partial charge in [-0.2, -0.15) is 4.98 Å². The Labute approximate surface area is 361 Å². The fourth-order valence-corrected chi connectivity index (χ4v) is 6.89. The Balaban J connectivity index is 1.12. The molecule has 1 fully saturated rings. The first-order chi connectivity index (χ1) is 29.6. The summed E-state index contributed by atoms with van der Waals surface area (Å²) >= 11 is 1.50. The Hall–Kier alpha value is -5.56. The zero-order valence-corrected chi connectivity index (χ0v) is 36.3. The van der Waals surface area contributed by atoms with Crippen molar-refractivity contribution in [2.45, 2.75) is 26.2 Å². The van der Waals surface area contributed by atoms with Gasteiger partial charge in [-0.05, 0) is 35.2 Å². The Morgan fingerprint density at radius 1 is 0.787 bits per heavy atom. The highest BCUT2D eigenvalue weighted by molar-refractivity contribution is 7.98. The number of nitrogens with one attached hydrogen (secondary N) is 4. The monoisotopic (exact) mass is 857 g/mol. The molecule has 61 heavy (non-hydrogen) atoms. The SMILES string of the molecule is COCCOCCOCCOc1cc(Nc2nccc(Oc3ccc(NC(=O)Nc4cc(C(C)(C)C)cc(NSN5CCOCC5)c4OC)c4ccccc34)n2)cc(OC)c1. The fourth-order valence-electron chi connectivity index (χ4n) is 6.18. The van der Waals surface area contributed by atoms with Crippen molar-refractivity contribution >= 4 is 57.6 Å². The number of methoxy groups -OCH3 is 3. The van der Waals surface area contributed by atoms with E-state index in [0.717, 1.165) is 35.1 Å². The molecule has 326 valence electrons. The fraction of sp³-hybridized carbons (Fsp3) is 0.386. The van der Waals surface area contributed by atoms with Gasteiger partial charge in [-0.1, -0.05) is 45.0 Å². The maximum Gasteiger partial charge on any atom is 0.323 e. The number of anilines is 5. The first-order valence-corrected chi connectivity index (χ1v) is 20.7. The number of urea groups is 1. The second-order valence-electron chi connectivity index (χ2n) is 14.7. The van der Waals surface area contributed by atoms with Gasteiger partial charge in [0.2, 0.25) is 11.8 Å². The second-order valence-corrected chi connectivity index (χ2v) is 15.6. The summed E-state index contributed by atoms with van der Waals surface area (Å²) in [5.74, 6) is 2.85. The summed E-state index contributed by atoms with van der Waals surface area (Å²) in [4.78, 5) is 22.7. The average molecular weight is 858 g/mol. The molecule has 17 heteroatoms. The van der Waals surface area contributed by atoms with Crippen molar-refractivity contribution in [1.82, 2.24) is 14.3 Å². The molecule has 2 heterocycles. The van der Waals surface area contributed by atoms with Gasteiger partial charge < -0.3 is 58.6 Å². The maximum atomic E-state index is 13.7. The van der Waals surface area contributed by atoms with E-state index in [1.165, 1.54) is 12.1 Å². The molecule has 1 aromatic heterocycles. The van der Waals surface area contributed by atoms with E-state index in [4.69, 9.17) is 37.9 Å². The molecule has 2 amide bonds. The zero-order valence-electron chi connectivity index (χ0n) is 35.5. The largest absolute Gasteiger partial charge is 0.497 e. The van der Waals surface area contributed by atoms with Gasteiger partial charge in [-0.15, -0.1) is 0 Å². The molecule has 5 aromatic rings. The van der Waals surface area contributed by atoms with Crippen LogP contribution in [0.1, 0.15) is 26.3 Å². The lowest BCUT2D eigenvalue weighted by Gasteiger charge is -2.27. The van der Waals surface area contributed by atoms with E-state index in [-0.39, 0.29) is 5.41 Å². The van der Waals surface area contributed by atoms with Crippen LogP contribution in [0, 0.1) is 0 Å². The van der Waals surface area contributed by atoms with Crippen molar-refractivity contribution in [3.8, 4) is 28.9 Å².